The maximum Gasteiger partial charge on any atom is 0.0141 e. The molecule has 1 nitrogen and oxygen atoms in total. The Labute approximate surface area is 106 Å². The van der Waals surface area contributed by atoms with Crippen LogP contribution in [0.4, 0.5) is 0 Å². The average molecular weight is 231 g/mol. The van der Waals surface area contributed by atoms with Gasteiger partial charge in [-0.05, 0) is 31.3 Å². The maximum atomic E-state index is 4.01. The molecule has 0 unspecified atom stereocenters. The molecular weight excluding hydrogens is 206 g/mol. The van der Waals surface area contributed by atoms with Crippen LogP contribution < -0.4 is 5.32 Å². The van der Waals surface area contributed by atoms with Crippen LogP contribution in [0.1, 0.15) is 32.6 Å². The largest absolute Gasteiger partial charge is 0.389 e. The molecule has 0 aromatic carbocycles. The number of hydrogen-bond acceptors (Lipinski definition) is 1. The molecule has 0 aromatic heterocycles. The van der Waals surface area contributed by atoms with Crippen molar-refractivity contribution in [3.63, 3.8) is 0 Å². The molecule has 0 rings (SSSR count). The lowest BCUT2D eigenvalue weighted by Gasteiger charge is -2.08. The summed E-state index contributed by atoms with van der Waals surface area (Å²) < 4.78 is 0. The molecule has 0 bridgehead atoms. The average Bonchev–Trinajstić information content (AvgIpc) is 2.33. The van der Waals surface area contributed by atoms with E-state index in [0.29, 0.717) is 0 Å². The van der Waals surface area contributed by atoms with Crippen molar-refractivity contribution in [3.8, 4) is 0 Å². The lowest BCUT2D eigenvalue weighted by atomic mass is 10.1. The van der Waals surface area contributed by atoms with Gasteiger partial charge in [-0.3, -0.25) is 0 Å². The highest BCUT2D eigenvalue weighted by Crippen LogP contribution is 2.11. The van der Waals surface area contributed by atoms with Crippen LogP contribution in [-0.2, 0) is 0 Å². The molecule has 0 aliphatic heterocycles. The first-order chi connectivity index (χ1) is 8.24. The quantitative estimate of drug-likeness (QED) is 0.545. The minimum Gasteiger partial charge on any atom is -0.389 e. The third kappa shape index (κ3) is 9.43. The molecule has 0 spiro atoms. The van der Waals surface area contributed by atoms with Crippen molar-refractivity contribution in [2.45, 2.75) is 32.6 Å². The summed E-state index contributed by atoms with van der Waals surface area (Å²) >= 11 is 0. The van der Waals surface area contributed by atoms with Gasteiger partial charge in [-0.15, -0.1) is 0 Å². The predicted octanol–water partition coefficient (Wildman–Crippen LogP) is 4.52. The van der Waals surface area contributed by atoms with E-state index in [4.69, 9.17) is 0 Å². The topological polar surface area (TPSA) is 12.0 Å². The van der Waals surface area contributed by atoms with E-state index in [2.05, 4.69) is 38.1 Å². The first-order valence-electron chi connectivity index (χ1n) is 6.27. The Morgan fingerprint density at radius 1 is 1.18 bits per heavy atom. The summed E-state index contributed by atoms with van der Waals surface area (Å²) in [6.45, 7) is 14.6. The minimum atomic E-state index is 1.02. The van der Waals surface area contributed by atoms with Crippen LogP contribution in [0.15, 0.2) is 61.4 Å². The highest BCUT2D eigenvalue weighted by atomic mass is 14.9. The van der Waals surface area contributed by atoms with Crippen molar-refractivity contribution in [1.29, 1.82) is 0 Å². The third-order valence-electron chi connectivity index (χ3n) is 2.35. The van der Waals surface area contributed by atoms with Crippen LogP contribution in [-0.4, -0.2) is 6.54 Å². The highest BCUT2D eigenvalue weighted by molar-refractivity contribution is 5.25. The van der Waals surface area contributed by atoms with Crippen LogP contribution in [0.2, 0.25) is 0 Å². The van der Waals surface area contributed by atoms with E-state index >= 15 is 0 Å². The summed E-state index contributed by atoms with van der Waals surface area (Å²) in [4.78, 5) is 0. The number of nitrogens with one attached hydrogen (secondary N) is 1. The van der Waals surface area contributed by atoms with Crippen LogP contribution in [0, 0.1) is 0 Å². The van der Waals surface area contributed by atoms with Gasteiger partial charge in [0.1, 0.15) is 0 Å². The summed E-state index contributed by atoms with van der Waals surface area (Å²) in [6, 6.07) is 0. The Kier molecular flexibility index (Phi) is 10.0. The summed E-state index contributed by atoms with van der Waals surface area (Å²) in [5.41, 5.74) is 2.42. The lowest BCUT2D eigenvalue weighted by molar-refractivity contribution is 0.700. The number of hydrogen-bond donors (Lipinski definition) is 1. The lowest BCUT2D eigenvalue weighted by Crippen LogP contribution is -2.12. The van der Waals surface area contributed by atoms with Crippen LogP contribution >= 0.6 is 0 Å². The van der Waals surface area contributed by atoms with Crippen LogP contribution in [0.5, 0.6) is 0 Å². The van der Waals surface area contributed by atoms with E-state index in [9.17, 15) is 0 Å². The van der Waals surface area contributed by atoms with Gasteiger partial charge in [-0.25, -0.2) is 0 Å². The highest BCUT2D eigenvalue weighted by Gasteiger charge is 1.95. The van der Waals surface area contributed by atoms with E-state index in [-0.39, 0.29) is 0 Å². The molecule has 0 radical (unpaired) electrons. The zero-order valence-corrected chi connectivity index (χ0v) is 11.0. The van der Waals surface area contributed by atoms with Gasteiger partial charge in [0.25, 0.3) is 0 Å². The van der Waals surface area contributed by atoms with Crippen LogP contribution in [0.3, 0.4) is 0 Å². The Hall–Kier alpha value is -1.50. The molecular formula is C16H25N. The molecule has 0 heterocycles. The predicted molar refractivity (Wildman–Crippen MR) is 78.9 cm³/mol. The second kappa shape index (κ2) is 11.0. The van der Waals surface area contributed by atoms with Crippen molar-refractivity contribution in [1.82, 2.24) is 5.32 Å². The molecule has 0 aliphatic rings. The fourth-order valence-corrected chi connectivity index (χ4v) is 1.46. The summed E-state index contributed by atoms with van der Waals surface area (Å²) in [6.07, 6.45) is 14.0. The standard InChI is InChI=1S/C16H25N/c1-5-8-12-16(10-6-2)13-9-11-15(4)17-14-7-3/h5-6,8,10,12,17H,1-2,4,7,9,11,13-14H2,3H3/b12-8-,16-10+. The summed E-state index contributed by atoms with van der Waals surface area (Å²) in [5.74, 6) is 0. The van der Waals surface area contributed by atoms with Crippen molar-refractivity contribution < 1.29 is 0 Å². The molecule has 0 fully saturated rings. The Bertz CT molecular complexity index is 295. The van der Waals surface area contributed by atoms with Gasteiger partial charge in [0, 0.05) is 12.2 Å². The van der Waals surface area contributed by atoms with Crippen molar-refractivity contribution in [2.24, 2.45) is 0 Å². The molecule has 17 heavy (non-hydrogen) atoms. The van der Waals surface area contributed by atoms with Crippen LogP contribution in [0.25, 0.3) is 0 Å². The third-order valence-corrected chi connectivity index (χ3v) is 2.35. The van der Waals surface area contributed by atoms with Gasteiger partial charge in [0.15, 0.2) is 0 Å². The molecule has 0 aromatic rings. The van der Waals surface area contributed by atoms with E-state index in [1.54, 1.807) is 6.08 Å². The summed E-state index contributed by atoms with van der Waals surface area (Å²) in [5, 5.41) is 3.31. The second-order valence-corrected chi connectivity index (χ2v) is 3.96. The smallest absolute Gasteiger partial charge is 0.0141 e. The van der Waals surface area contributed by atoms with E-state index in [0.717, 1.165) is 37.9 Å². The Balaban J connectivity index is 3.94. The molecule has 94 valence electrons. The number of rotatable bonds is 10. The fourth-order valence-electron chi connectivity index (χ4n) is 1.46. The molecule has 0 aliphatic carbocycles. The van der Waals surface area contributed by atoms with Gasteiger partial charge in [-0.2, -0.15) is 0 Å². The first-order valence-corrected chi connectivity index (χ1v) is 6.27. The molecule has 0 atom stereocenters. The van der Waals surface area contributed by atoms with E-state index in [1.165, 1.54) is 5.57 Å². The monoisotopic (exact) mass is 231 g/mol. The molecule has 1 heteroatoms. The zero-order valence-electron chi connectivity index (χ0n) is 11.0. The van der Waals surface area contributed by atoms with Crippen molar-refractivity contribution in [2.75, 3.05) is 6.54 Å². The Morgan fingerprint density at radius 2 is 1.94 bits per heavy atom. The zero-order chi connectivity index (χ0) is 12.9. The maximum absolute atomic E-state index is 4.01. The second-order valence-electron chi connectivity index (χ2n) is 3.96. The van der Waals surface area contributed by atoms with Gasteiger partial charge >= 0.3 is 0 Å². The SMILES string of the molecule is C=C/C=C\C(=C/C=C)CCCC(=C)NCCC. The number of allylic oxidation sites excluding steroid dienone is 7. The van der Waals surface area contributed by atoms with Gasteiger partial charge in [0.05, 0.1) is 0 Å². The summed E-state index contributed by atoms with van der Waals surface area (Å²) in [7, 11) is 0. The fraction of sp³-hybridized carbons (Fsp3) is 0.375. The molecule has 0 saturated carbocycles. The normalized spacial score (nSPS) is 11.5. The molecule has 0 saturated heterocycles. The first kappa shape index (κ1) is 15.5. The van der Waals surface area contributed by atoms with Gasteiger partial charge in [-0.1, -0.05) is 57.0 Å². The molecule has 0 amide bonds. The van der Waals surface area contributed by atoms with Gasteiger partial charge in [0.2, 0.25) is 0 Å². The minimum absolute atomic E-state index is 1.02. The Morgan fingerprint density at radius 3 is 2.53 bits per heavy atom. The van der Waals surface area contributed by atoms with Gasteiger partial charge < -0.3 is 5.32 Å². The molecule has 1 N–H and O–H groups in total. The van der Waals surface area contributed by atoms with Crippen molar-refractivity contribution in [3.05, 3.63) is 61.4 Å². The van der Waals surface area contributed by atoms with Crippen molar-refractivity contribution >= 4 is 0 Å². The van der Waals surface area contributed by atoms with E-state index < -0.39 is 0 Å². The van der Waals surface area contributed by atoms with E-state index in [1.807, 2.05) is 18.2 Å².